The highest BCUT2D eigenvalue weighted by molar-refractivity contribution is 6.12. The van der Waals surface area contributed by atoms with E-state index in [0.29, 0.717) is 17.2 Å². The van der Waals surface area contributed by atoms with E-state index < -0.39 is 6.10 Å². The summed E-state index contributed by atoms with van der Waals surface area (Å²) in [5.41, 5.74) is 2.11. The number of esters is 1. The van der Waals surface area contributed by atoms with E-state index in [9.17, 15) is 9.90 Å². The molecule has 2 aliphatic heterocycles. The first-order chi connectivity index (χ1) is 15.4. The number of carbonyl (C=O) groups excluding carboxylic acids is 1. The number of benzene rings is 3. The molecule has 6 heteroatoms. The topological polar surface area (TPSA) is 68.2 Å². The van der Waals surface area contributed by atoms with E-state index in [1.807, 2.05) is 44.2 Å². The lowest BCUT2D eigenvalue weighted by molar-refractivity contribution is -0.137. The summed E-state index contributed by atoms with van der Waals surface area (Å²) < 4.78 is 16.8. The van der Waals surface area contributed by atoms with Crippen LogP contribution in [0.3, 0.4) is 0 Å². The number of methoxy groups -OCH3 is 2. The molecule has 168 valence electrons. The van der Waals surface area contributed by atoms with Crippen molar-refractivity contribution in [2.75, 3.05) is 20.8 Å². The number of hydrogen-bond acceptors (Lipinski definition) is 6. The summed E-state index contributed by atoms with van der Waals surface area (Å²) in [5, 5.41) is 15.4. The molecule has 2 atom stereocenters. The van der Waals surface area contributed by atoms with Gasteiger partial charge in [-0.3, -0.25) is 9.69 Å². The van der Waals surface area contributed by atoms with Gasteiger partial charge in [-0.2, -0.15) is 0 Å². The molecule has 3 aromatic carbocycles. The fraction of sp³-hybridized carbons (Fsp3) is 0.423. The lowest BCUT2D eigenvalue weighted by atomic mass is 9.83. The zero-order chi connectivity index (χ0) is 22.6. The number of aliphatic hydroxyl groups is 1. The molecule has 0 radical (unpaired) electrons. The number of fused-ring (bicyclic) bond motifs is 7. The number of carbonyl (C=O) groups is 1. The first-order valence-electron chi connectivity index (χ1n) is 11.2. The molecule has 0 amide bonds. The highest BCUT2D eigenvalue weighted by atomic mass is 16.5. The van der Waals surface area contributed by atoms with E-state index in [-0.39, 0.29) is 17.9 Å². The zero-order valence-corrected chi connectivity index (χ0v) is 19.0. The Bertz CT molecular complexity index is 1220. The van der Waals surface area contributed by atoms with Gasteiger partial charge in [-0.25, -0.2) is 0 Å². The quantitative estimate of drug-likeness (QED) is 0.367. The molecule has 2 aliphatic rings. The van der Waals surface area contributed by atoms with Crippen LogP contribution in [0.5, 0.6) is 17.2 Å². The van der Waals surface area contributed by atoms with Crippen molar-refractivity contribution >= 4 is 27.5 Å². The second-order valence-corrected chi connectivity index (χ2v) is 9.05. The summed E-state index contributed by atoms with van der Waals surface area (Å²) in [4.78, 5) is 14.6. The van der Waals surface area contributed by atoms with Crippen molar-refractivity contribution < 1.29 is 24.1 Å². The number of nitrogens with zero attached hydrogens (tertiary/aromatic N) is 1. The van der Waals surface area contributed by atoms with Crippen LogP contribution < -0.4 is 14.2 Å². The number of aliphatic hydroxyl groups excluding tert-OH is 1. The smallest absolute Gasteiger partial charge is 0.313 e. The average molecular weight is 436 g/mol. The SMILES string of the molecule is COc1cc2c3c(c4ccc(OC(=O)C(C)C)cc4c2cc1OC)[C@H](O)[C@@H]1CCCN1C3. The molecule has 0 spiro atoms. The van der Waals surface area contributed by atoms with Crippen molar-refractivity contribution in [2.45, 2.75) is 45.4 Å². The van der Waals surface area contributed by atoms with E-state index in [0.717, 1.165) is 58.6 Å². The van der Waals surface area contributed by atoms with Gasteiger partial charge in [0.1, 0.15) is 5.75 Å². The summed E-state index contributed by atoms with van der Waals surface area (Å²) in [5.74, 6) is 1.31. The molecular weight excluding hydrogens is 406 g/mol. The van der Waals surface area contributed by atoms with Crippen LogP contribution in [-0.2, 0) is 11.3 Å². The van der Waals surface area contributed by atoms with Crippen molar-refractivity contribution in [3.63, 3.8) is 0 Å². The third kappa shape index (κ3) is 3.21. The maximum atomic E-state index is 12.2. The Balaban J connectivity index is 1.81. The molecular formula is C26H29NO5. The maximum absolute atomic E-state index is 12.2. The van der Waals surface area contributed by atoms with E-state index in [4.69, 9.17) is 14.2 Å². The van der Waals surface area contributed by atoms with Crippen molar-refractivity contribution in [1.29, 1.82) is 0 Å². The second kappa shape index (κ2) is 7.94. The lowest BCUT2D eigenvalue weighted by Crippen LogP contribution is -2.39. The van der Waals surface area contributed by atoms with E-state index in [2.05, 4.69) is 4.90 Å². The Morgan fingerprint density at radius 2 is 1.72 bits per heavy atom. The largest absolute Gasteiger partial charge is 0.493 e. The van der Waals surface area contributed by atoms with Crippen LogP contribution in [0.25, 0.3) is 21.5 Å². The maximum Gasteiger partial charge on any atom is 0.313 e. The Labute approximate surface area is 187 Å². The lowest BCUT2D eigenvalue weighted by Gasteiger charge is -2.37. The van der Waals surface area contributed by atoms with Crippen LogP contribution in [-0.4, -0.2) is 42.8 Å². The van der Waals surface area contributed by atoms with Crippen LogP contribution >= 0.6 is 0 Å². The predicted octanol–water partition coefficient (Wildman–Crippen LogP) is 4.58. The van der Waals surface area contributed by atoms with Crippen LogP contribution in [0, 0.1) is 5.92 Å². The first kappa shape index (κ1) is 21.0. The minimum absolute atomic E-state index is 0.140. The summed E-state index contributed by atoms with van der Waals surface area (Å²) in [6.45, 7) is 5.42. The summed E-state index contributed by atoms with van der Waals surface area (Å²) in [7, 11) is 3.25. The zero-order valence-electron chi connectivity index (χ0n) is 19.0. The summed E-state index contributed by atoms with van der Waals surface area (Å²) in [6, 6.07) is 9.82. The van der Waals surface area contributed by atoms with Gasteiger partial charge in [0.2, 0.25) is 0 Å². The molecule has 0 bridgehead atoms. The van der Waals surface area contributed by atoms with E-state index in [1.54, 1.807) is 14.2 Å². The van der Waals surface area contributed by atoms with E-state index >= 15 is 0 Å². The molecule has 0 aliphatic carbocycles. The Morgan fingerprint density at radius 3 is 2.41 bits per heavy atom. The van der Waals surface area contributed by atoms with Crippen LogP contribution in [0.4, 0.5) is 0 Å². The minimum atomic E-state index is -0.565. The normalized spacial score (nSPS) is 20.4. The predicted molar refractivity (Wildman–Crippen MR) is 123 cm³/mol. The second-order valence-electron chi connectivity index (χ2n) is 9.05. The molecule has 0 unspecified atom stereocenters. The van der Waals surface area contributed by atoms with Crippen molar-refractivity contribution in [3.05, 3.63) is 41.5 Å². The van der Waals surface area contributed by atoms with Crippen molar-refractivity contribution in [2.24, 2.45) is 5.92 Å². The third-order valence-corrected chi connectivity index (χ3v) is 6.87. The van der Waals surface area contributed by atoms with Gasteiger partial charge in [-0.1, -0.05) is 19.9 Å². The third-order valence-electron chi connectivity index (χ3n) is 6.87. The molecule has 1 N–H and O–H groups in total. The molecule has 1 saturated heterocycles. The van der Waals surface area contributed by atoms with Gasteiger partial charge in [-0.15, -0.1) is 0 Å². The molecule has 0 aromatic heterocycles. The summed E-state index contributed by atoms with van der Waals surface area (Å²) in [6.07, 6.45) is 1.53. The van der Waals surface area contributed by atoms with Crippen LogP contribution in [0.2, 0.25) is 0 Å². The van der Waals surface area contributed by atoms with Gasteiger partial charge in [0.15, 0.2) is 11.5 Å². The number of ether oxygens (including phenoxy) is 3. The fourth-order valence-corrected chi connectivity index (χ4v) is 5.25. The fourth-order valence-electron chi connectivity index (χ4n) is 5.25. The standard InChI is InChI=1S/C26H29NO5/c1-14(2)26(29)32-15-7-8-16-17(10-15)18-11-22(30-3)23(31-4)12-19(18)20-13-27-9-5-6-21(27)25(28)24(16)20/h7-8,10-12,14,21,25,28H,5-6,9,13H2,1-4H3/t21-,25+/m0/s1. The molecule has 5 rings (SSSR count). The molecule has 32 heavy (non-hydrogen) atoms. The number of hydrogen-bond donors (Lipinski definition) is 1. The highest BCUT2D eigenvalue weighted by Crippen LogP contribution is 2.47. The molecule has 1 fully saturated rings. The minimum Gasteiger partial charge on any atom is -0.493 e. The van der Waals surface area contributed by atoms with Gasteiger partial charge >= 0.3 is 5.97 Å². The average Bonchev–Trinajstić information content (AvgIpc) is 3.27. The van der Waals surface area contributed by atoms with Gasteiger partial charge in [0, 0.05) is 12.6 Å². The summed E-state index contributed by atoms with van der Waals surface area (Å²) >= 11 is 0. The highest BCUT2D eigenvalue weighted by Gasteiger charge is 2.39. The van der Waals surface area contributed by atoms with Gasteiger partial charge in [0.25, 0.3) is 0 Å². The van der Waals surface area contributed by atoms with Crippen LogP contribution in [0.15, 0.2) is 30.3 Å². The Hall–Kier alpha value is -2.83. The Morgan fingerprint density at radius 1 is 1.03 bits per heavy atom. The van der Waals surface area contributed by atoms with Crippen molar-refractivity contribution in [1.82, 2.24) is 4.90 Å². The van der Waals surface area contributed by atoms with Gasteiger partial charge in [0.05, 0.1) is 26.2 Å². The molecule has 6 nitrogen and oxygen atoms in total. The Kier molecular flexibility index (Phi) is 5.22. The number of rotatable bonds is 4. The van der Waals surface area contributed by atoms with Gasteiger partial charge < -0.3 is 19.3 Å². The van der Waals surface area contributed by atoms with Crippen molar-refractivity contribution in [3.8, 4) is 17.2 Å². The van der Waals surface area contributed by atoms with Crippen LogP contribution in [0.1, 0.15) is 43.9 Å². The molecule has 0 saturated carbocycles. The van der Waals surface area contributed by atoms with Gasteiger partial charge in [-0.05, 0) is 76.3 Å². The first-order valence-corrected chi connectivity index (χ1v) is 11.2. The molecule has 3 aromatic rings. The van der Waals surface area contributed by atoms with E-state index in [1.165, 1.54) is 0 Å². The monoisotopic (exact) mass is 435 g/mol. The molecule has 2 heterocycles.